The van der Waals surface area contributed by atoms with Crippen molar-refractivity contribution in [3.8, 4) is 0 Å². The lowest BCUT2D eigenvalue weighted by Gasteiger charge is -2.10. The maximum atomic E-state index is 3.51. The van der Waals surface area contributed by atoms with Crippen molar-refractivity contribution < 1.29 is 0 Å². The van der Waals surface area contributed by atoms with E-state index in [-0.39, 0.29) is 0 Å². The molecule has 0 unspecified atom stereocenters. The summed E-state index contributed by atoms with van der Waals surface area (Å²) >= 11 is 0. The molecule has 2 nitrogen and oxygen atoms in total. The van der Waals surface area contributed by atoms with Gasteiger partial charge in [-0.3, -0.25) is 0 Å². The zero-order valence-corrected chi connectivity index (χ0v) is 12.2. The van der Waals surface area contributed by atoms with Crippen molar-refractivity contribution in [1.82, 2.24) is 0 Å². The van der Waals surface area contributed by atoms with Crippen LogP contribution in [0.5, 0.6) is 0 Å². The van der Waals surface area contributed by atoms with Gasteiger partial charge >= 0.3 is 0 Å². The maximum Gasteiger partial charge on any atom is 0.0487 e. The molecule has 0 spiro atoms. The summed E-state index contributed by atoms with van der Waals surface area (Å²) in [7, 11) is 3.62. The Labute approximate surface area is 121 Å². The highest BCUT2D eigenvalue weighted by atomic mass is 33.1. The molecule has 2 N–H and O–H groups in total. The molecular formula is C15H16N2S2. The van der Waals surface area contributed by atoms with E-state index in [9.17, 15) is 0 Å². The first-order chi connectivity index (χ1) is 9.43. The maximum absolute atomic E-state index is 3.51. The van der Waals surface area contributed by atoms with Gasteiger partial charge in [-0.25, -0.2) is 0 Å². The third-order valence-corrected chi connectivity index (χ3v) is 5.46. The average Bonchev–Trinajstić information content (AvgIpc) is 2.50. The van der Waals surface area contributed by atoms with Gasteiger partial charge < -0.3 is 10.6 Å². The highest BCUT2D eigenvalue weighted by Crippen LogP contribution is 2.43. The predicted octanol–water partition coefficient (Wildman–Crippen LogP) is 4.71. The van der Waals surface area contributed by atoms with Gasteiger partial charge in [-0.15, -0.1) is 0 Å². The number of hydrogen-bond acceptors (Lipinski definition) is 4. The van der Waals surface area contributed by atoms with E-state index in [1.807, 2.05) is 21.6 Å². The number of nitrogens with one attached hydrogen (secondary N) is 2. The van der Waals surface area contributed by atoms with Crippen molar-refractivity contribution in [3.05, 3.63) is 48.5 Å². The summed E-state index contributed by atoms with van der Waals surface area (Å²) in [6.07, 6.45) is 1.11. The SMILES string of the molecule is c1ccc2c(c1)NCCCNc1ccccc1SS2. The first-order valence-corrected chi connectivity index (χ1v) is 8.59. The Morgan fingerprint density at radius 1 is 0.684 bits per heavy atom. The molecule has 0 aliphatic carbocycles. The minimum Gasteiger partial charge on any atom is -0.384 e. The standard InChI is InChI=1S/C15H16N2S2/c1-3-8-14-12(6-1)16-10-5-11-17-13-7-2-4-9-15(13)19-18-14/h1-4,6-9,16-17H,5,10-11H2. The Balaban J connectivity index is 1.89. The molecule has 0 saturated carbocycles. The molecule has 2 aromatic carbocycles. The highest BCUT2D eigenvalue weighted by Gasteiger charge is 2.08. The molecule has 19 heavy (non-hydrogen) atoms. The van der Waals surface area contributed by atoms with E-state index in [4.69, 9.17) is 0 Å². The number of benzene rings is 2. The van der Waals surface area contributed by atoms with E-state index in [1.54, 1.807) is 0 Å². The van der Waals surface area contributed by atoms with E-state index < -0.39 is 0 Å². The highest BCUT2D eigenvalue weighted by molar-refractivity contribution is 8.76. The Morgan fingerprint density at radius 2 is 1.16 bits per heavy atom. The summed E-state index contributed by atoms with van der Waals surface area (Å²) in [5.41, 5.74) is 2.47. The van der Waals surface area contributed by atoms with E-state index in [0.29, 0.717) is 0 Å². The lowest BCUT2D eigenvalue weighted by molar-refractivity contribution is 0.904. The lowest BCUT2D eigenvalue weighted by Crippen LogP contribution is -2.09. The van der Waals surface area contributed by atoms with Crippen LogP contribution in [0.3, 0.4) is 0 Å². The van der Waals surface area contributed by atoms with Crippen LogP contribution in [0.2, 0.25) is 0 Å². The van der Waals surface area contributed by atoms with E-state index >= 15 is 0 Å². The van der Waals surface area contributed by atoms with Crippen LogP contribution in [0.25, 0.3) is 0 Å². The van der Waals surface area contributed by atoms with Gasteiger partial charge in [0.25, 0.3) is 0 Å². The summed E-state index contributed by atoms with van der Waals surface area (Å²) in [5, 5.41) is 7.03. The fourth-order valence-corrected chi connectivity index (χ4v) is 4.31. The van der Waals surface area contributed by atoms with Crippen LogP contribution in [0, 0.1) is 0 Å². The van der Waals surface area contributed by atoms with Crippen molar-refractivity contribution in [1.29, 1.82) is 0 Å². The van der Waals surface area contributed by atoms with Crippen LogP contribution in [0.1, 0.15) is 6.42 Å². The first-order valence-electron chi connectivity index (χ1n) is 6.44. The van der Waals surface area contributed by atoms with Crippen LogP contribution in [-0.4, -0.2) is 13.1 Å². The second kappa shape index (κ2) is 6.26. The molecule has 3 rings (SSSR count). The number of hydrogen-bond donors (Lipinski definition) is 2. The normalized spacial score (nSPS) is 15.2. The molecule has 0 aromatic heterocycles. The van der Waals surface area contributed by atoms with Crippen LogP contribution in [0.4, 0.5) is 11.4 Å². The van der Waals surface area contributed by atoms with E-state index in [1.165, 1.54) is 21.2 Å². The third kappa shape index (κ3) is 3.19. The van der Waals surface area contributed by atoms with Gasteiger partial charge in [0.05, 0.1) is 0 Å². The minimum absolute atomic E-state index is 0.997. The number of anilines is 2. The van der Waals surface area contributed by atoms with Gasteiger partial charge in [0, 0.05) is 34.3 Å². The van der Waals surface area contributed by atoms with Gasteiger partial charge in [0.2, 0.25) is 0 Å². The molecule has 2 aromatic rings. The Bertz CT molecular complexity index is 508. The molecule has 1 aliphatic rings. The fraction of sp³-hybridized carbons (Fsp3) is 0.200. The van der Waals surface area contributed by atoms with Crippen molar-refractivity contribution in [2.24, 2.45) is 0 Å². The molecule has 0 amide bonds. The molecule has 4 heteroatoms. The van der Waals surface area contributed by atoms with Gasteiger partial charge in [0.1, 0.15) is 0 Å². The minimum atomic E-state index is 0.997. The molecule has 0 atom stereocenters. The second-order valence-corrected chi connectivity index (χ2v) is 6.58. The number of rotatable bonds is 0. The molecule has 0 saturated heterocycles. The van der Waals surface area contributed by atoms with Gasteiger partial charge in [-0.05, 0) is 30.7 Å². The Hall–Kier alpha value is -1.26. The van der Waals surface area contributed by atoms with Crippen molar-refractivity contribution >= 4 is 33.0 Å². The fourth-order valence-electron chi connectivity index (χ4n) is 1.99. The van der Waals surface area contributed by atoms with Crippen LogP contribution in [-0.2, 0) is 0 Å². The largest absolute Gasteiger partial charge is 0.384 e. The summed E-state index contributed by atoms with van der Waals surface area (Å²) in [4.78, 5) is 2.59. The van der Waals surface area contributed by atoms with Crippen molar-refractivity contribution in [3.63, 3.8) is 0 Å². The third-order valence-electron chi connectivity index (χ3n) is 2.98. The number of para-hydroxylation sites is 2. The van der Waals surface area contributed by atoms with Gasteiger partial charge in [-0.2, -0.15) is 0 Å². The quantitative estimate of drug-likeness (QED) is 0.685. The summed E-state index contributed by atoms with van der Waals surface area (Å²) in [6.45, 7) is 1.99. The Morgan fingerprint density at radius 3 is 1.68 bits per heavy atom. The average molecular weight is 288 g/mol. The topological polar surface area (TPSA) is 24.1 Å². The molecule has 0 fully saturated rings. The first kappa shape index (κ1) is 12.8. The molecule has 0 radical (unpaired) electrons. The van der Waals surface area contributed by atoms with Crippen LogP contribution < -0.4 is 10.6 Å². The smallest absolute Gasteiger partial charge is 0.0487 e. The van der Waals surface area contributed by atoms with E-state index in [2.05, 4.69) is 59.2 Å². The van der Waals surface area contributed by atoms with Crippen LogP contribution >= 0.6 is 21.6 Å². The molecule has 1 aliphatic heterocycles. The second-order valence-electron chi connectivity index (χ2n) is 4.37. The number of fused-ring (bicyclic) bond motifs is 2. The molecule has 1 heterocycles. The molecule has 98 valence electrons. The van der Waals surface area contributed by atoms with Crippen molar-refractivity contribution in [2.75, 3.05) is 23.7 Å². The zero-order valence-electron chi connectivity index (χ0n) is 10.6. The Kier molecular flexibility index (Phi) is 4.20. The summed E-state index contributed by atoms with van der Waals surface area (Å²) < 4.78 is 0. The van der Waals surface area contributed by atoms with Crippen LogP contribution in [0.15, 0.2) is 58.3 Å². The lowest BCUT2D eigenvalue weighted by atomic mass is 10.3. The summed E-state index contributed by atoms with van der Waals surface area (Å²) in [6, 6.07) is 17.0. The zero-order chi connectivity index (χ0) is 12.9. The molecular weight excluding hydrogens is 272 g/mol. The summed E-state index contributed by atoms with van der Waals surface area (Å²) in [5.74, 6) is 0. The van der Waals surface area contributed by atoms with Gasteiger partial charge in [0.15, 0.2) is 0 Å². The predicted molar refractivity (Wildman–Crippen MR) is 86.2 cm³/mol. The molecule has 0 bridgehead atoms. The monoisotopic (exact) mass is 288 g/mol. The van der Waals surface area contributed by atoms with Gasteiger partial charge in [-0.1, -0.05) is 45.9 Å². The van der Waals surface area contributed by atoms with E-state index in [0.717, 1.165) is 19.5 Å². The van der Waals surface area contributed by atoms with Crippen molar-refractivity contribution in [2.45, 2.75) is 16.2 Å².